The molecule has 0 aliphatic carbocycles. The standard InChI is InChI=1S/C11H17IN4/c1-8-5-16(6-9(2)15(8)3)11-10(12)4-13-7-14-11/h4,7-9H,5-6H2,1-3H3. The second-order valence-corrected chi connectivity index (χ2v) is 5.62. The molecule has 0 amide bonds. The summed E-state index contributed by atoms with van der Waals surface area (Å²) in [5.41, 5.74) is 0. The van der Waals surface area contributed by atoms with Gasteiger partial charge in [-0.1, -0.05) is 0 Å². The third-order valence-electron chi connectivity index (χ3n) is 3.31. The molecule has 0 bridgehead atoms. The molecule has 2 heterocycles. The SMILES string of the molecule is CC1CN(c2ncncc2I)CC(C)N1C. The lowest BCUT2D eigenvalue weighted by molar-refractivity contribution is 0.169. The first-order chi connectivity index (χ1) is 7.59. The Labute approximate surface area is 110 Å². The van der Waals surface area contributed by atoms with Crippen molar-refractivity contribution >= 4 is 28.4 Å². The molecule has 2 rings (SSSR count). The summed E-state index contributed by atoms with van der Waals surface area (Å²) in [4.78, 5) is 13.2. The molecule has 88 valence electrons. The smallest absolute Gasteiger partial charge is 0.145 e. The van der Waals surface area contributed by atoms with E-state index in [1.165, 1.54) is 0 Å². The molecule has 1 aromatic rings. The van der Waals surface area contributed by atoms with Gasteiger partial charge in [0, 0.05) is 31.4 Å². The molecule has 5 heteroatoms. The van der Waals surface area contributed by atoms with E-state index in [0.29, 0.717) is 12.1 Å². The van der Waals surface area contributed by atoms with Gasteiger partial charge in [-0.3, -0.25) is 4.90 Å². The molecule has 1 aromatic heterocycles. The van der Waals surface area contributed by atoms with Crippen molar-refractivity contribution in [1.29, 1.82) is 0 Å². The highest BCUT2D eigenvalue weighted by atomic mass is 127. The fourth-order valence-electron chi connectivity index (χ4n) is 2.12. The Balaban J connectivity index is 2.20. The van der Waals surface area contributed by atoms with Gasteiger partial charge in [0.25, 0.3) is 0 Å². The number of hydrogen-bond acceptors (Lipinski definition) is 4. The highest BCUT2D eigenvalue weighted by Gasteiger charge is 2.27. The van der Waals surface area contributed by atoms with E-state index in [9.17, 15) is 0 Å². The monoisotopic (exact) mass is 332 g/mol. The van der Waals surface area contributed by atoms with Crippen LogP contribution in [0.5, 0.6) is 0 Å². The molecule has 1 fully saturated rings. The maximum absolute atomic E-state index is 4.38. The lowest BCUT2D eigenvalue weighted by atomic mass is 10.1. The van der Waals surface area contributed by atoms with Gasteiger partial charge >= 0.3 is 0 Å². The van der Waals surface area contributed by atoms with E-state index in [1.54, 1.807) is 6.33 Å². The zero-order valence-corrected chi connectivity index (χ0v) is 12.0. The Hall–Kier alpha value is -0.430. The van der Waals surface area contributed by atoms with Gasteiger partial charge in [-0.05, 0) is 43.5 Å². The quantitative estimate of drug-likeness (QED) is 0.732. The van der Waals surface area contributed by atoms with Crippen molar-refractivity contribution in [1.82, 2.24) is 14.9 Å². The van der Waals surface area contributed by atoms with E-state index in [1.807, 2.05) is 6.20 Å². The number of piperazine rings is 1. The highest BCUT2D eigenvalue weighted by molar-refractivity contribution is 14.1. The Bertz CT molecular complexity index is 359. The molecule has 16 heavy (non-hydrogen) atoms. The van der Waals surface area contributed by atoms with Gasteiger partial charge in [0.05, 0.1) is 3.57 Å². The van der Waals surface area contributed by atoms with Crippen LogP contribution in [0.4, 0.5) is 5.82 Å². The largest absolute Gasteiger partial charge is 0.353 e. The summed E-state index contributed by atoms with van der Waals surface area (Å²) in [5.74, 6) is 1.07. The van der Waals surface area contributed by atoms with Crippen LogP contribution in [0.2, 0.25) is 0 Å². The number of halogens is 1. The number of rotatable bonds is 1. The Morgan fingerprint density at radius 2 is 1.94 bits per heavy atom. The normalized spacial score (nSPS) is 27.1. The maximum atomic E-state index is 4.38. The van der Waals surface area contributed by atoms with Crippen LogP contribution in [0, 0.1) is 3.57 Å². The summed E-state index contributed by atoms with van der Waals surface area (Å²) in [6.07, 6.45) is 3.50. The van der Waals surface area contributed by atoms with Crippen LogP contribution in [-0.2, 0) is 0 Å². The van der Waals surface area contributed by atoms with E-state index in [4.69, 9.17) is 0 Å². The topological polar surface area (TPSA) is 32.3 Å². The first-order valence-corrected chi connectivity index (χ1v) is 6.60. The third kappa shape index (κ3) is 2.29. The van der Waals surface area contributed by atoms with Crippen molar-refractivity contribution in [3.05, 3.63) is 16.1 Å². The maximum Gasteiger partial charge on any atom is 0.145 e. The molecule has 0 radical (unpaired) electrons. The number of aromatic nitrogens is 2. The van der Waals surface area contributed by atoms with Crippen molar-refractivity contribution in [3.8, 4) is 0 Å². The molecular formula is C11H17IN4. The van der Waals surface area contributed by atoms with Crippen molar-refractivity contribution in [2.24, 2.45) is 0 Å². The first-order valence-electron chi connectivity index (χ1n) is 5.52. The predicted molar refractivity (Wildman–Crippen MR) is 73.6 cm³/mol. The summed E-state index contributed by atoms with van der Waals surface area (Å²) in [6, 6.07) is 1.13. The molecule has 2 atom stereocenters. The van der Waals surface area contributed by atoms with E-state index in [-0.39, 0.29) is 0 Å². The summed E-state index contributed by atoms with van der Waals surface area (Å²) in [5, 5.41) is 0. The summed E-state index contributed by atoms with van der Waals surface area (Å²) < 4.78 is 1.13. The molecule has 2 unspecified atom stereocenters. The number of anilines is 1. The van der Waals surface area contributed by atoms with Crippen LogP contribution >= 0.6 is 22.6 Å². The van der Waals surface area contributed by atoms with Crippen LogP contribution in [0.1, 0.15) is 13.8 Å². The zero-order chi connectivity index (χ0) is 11.7. The first kappa shape index (κ1) is 12.0. The van der Waals surface area contributed by atoms with Gasteiger partial charge in [-0.25, -0.2) is 9.97 Å². The minimum absolute atomic E-state index is 0.564. The van der Waals surface area contributed by atoms with Gasteiger partial charge in [-0.2, -0.15) is 0 Å². The molecular weight excluding hydrogens is 315 g/mol. The van der Waals surface area contributed by atoms with E-state index in [0.717, 1.165) is 22.5 Å². The third-order valence-corrected chi connectivity index (χ3v) is 4.07. The van der Waals surface area contributed by atoms with E-state index in [2.05, 4.69) is 63.3 Å². The van der Waals surface area contributed by atoms with Gasteiger partial charge in [0.15, 0.2) is 0 Å². The van der Waals surface area contributed by atoms with Gasteiger partial charge in [0.1, 0.15) is 12.1 Å². The predicted octanol–water partition coefficient (Wildman–Crippen LogP) is 1.61. The van der Waals surface area contributed by atoms with Gasteiger partial charge < -0.3 is 4.90 Å². The molecule has 0 aromatic carbocycles. The molecule has 1 aliphatic heterocycles. The molecule has 0 saturated carbocycles. The molecule has 4 nitrogen and oxygen atoms in total. The van der Waals surface area contributed by atoms with Crippen molar-refractivity contribution in [3.63, 3.8) is 0 Å². The summed E-state index contributed by atoms with van der Waals surface area (Å²) in [6.45, 7) is 6.59. The Morgan fingerprint density at radius 1 is 1.31 bits per heavy atom. The summed E-state index contributed by atoms with van der Waals surface area (Å²) >= 11 is 2.30. The fraction of sp³-hybridized carbons (Fsp3) is 0.636. The second-order valence-electron chi connectivity index (χ2n) is 4.46. The summed E-state index contributed by atoms with van der Waals surface area (Å²) in [7, 11) is 2.19. The van der Waals surface area contributed by atoms with Gasteiger partial charge in [0.2, 0.25) is 0 Å². The number of nitrogens with zero attached hydrogens (tertiary/aromatic N) is 4. The minimum Gasteiger partial charge on any atom is -0.353 e. The Morgan fingerprint density at radius 3 is 2.50 bits per heavy atom. The highest BCUT2D eigenvalue weighted by Crippen LogP contribution is 2.23. The average molecular weight is 332 g/mol. The van der Waals surface area contributed by atoms with Crippen LogP contribution in [0.3, 0.4) is 0 Å². The van der Waals surface area contributed by atoms with Crippen LogP contribution < -0.4 is 4.90 Å². The lowest BCUT2D eigenvalue weighted by Crippen LogP contribution is -2.55. The lowest BCUT2D eigenvalue weighted by Gasteiger charge is -2.43. The molecule has 0 spiro atoms. The van der Waals surface area contributed by atoms with Crippen molar-refractivity contribution in [2.45, 2.75) is 25.9 Å². The van der Waals surface area contributed by atoms with Crippen LogP contribution in [0.25, 0.3) is 0 Å². The number of hydrogen-bond donors (Lipinski definition) is 0. The fourth-order valence-corrected chi connectivity index (χ4v) is 2.76. The zero-order valence-electron chi connectivity index (χ0n) is 9.89. The van der Waals surface area contributed by atoms with Gasteiger partial charge in [-0.15, -0.1) is 0 Å². The average Bonchev–Trinajstić information content (AvgIpc) is 2.26. The molecule has 0 N–H and O–H groups in total. The van der Waals surface area contributed by atoms with Crippen molar-refractivity contribution in [2.75, 3.05) is 25.0 Å². The second kappa shape index (κ2) is 4.83. The van der Waals surface area contributed by atoms with Crippen LogP contribution in [0.15, 0.2) is 12.5 Å². The van der Waals surface area contributed by atoms with E-state index >= 15 is 0 Å². The molecule has 1 saturated heterocycles. The van der Waals surface area contributed by atoms with Crippen molar-refractivity contribution < 1.29 is 0 Å². The van der Waals surface area contributed by atoms with E-state index < -0.39 is 0 Å². The van der Waals surface area contributed by atoms with Crippen LogP contribution in [-0.4, -0.2) is 47.1 Å². The number of likely N-dealkylation sites (N-methyl/N-ethyl adjacent to an activating group) is 1. The Kier molecular flexibility index (Phi) is 3.63. The minimum atomic E-state index is 0.564. The molecule has 1 aliphatic rings.